The number of amides is 1. The predicted molar refractivity (Wildman–Crippen MR) is 99.5 cm³/mol. The second kappa shape index (κ2) is 8.49. The van der Waals surface area contributed by atoms with Gasteiger partial charge < -0.3 is 15.0 Å². The summed E-state index contributed by atoms with van der Waals surface area (Å²) in [6.07, 6.45) is 6.86. The predicted octanol–water partition coefficient (Wildman–Crippen LogP) is 3.45. The van der Waals surface area contributed by atoms with Crippen molar-refractivity contribution in [3.05, 3.63) is 33.9 Å². The number of anilines is 1. The number of nitrogens with zero attached hydrogens (tertiary/aromatic N) is 2. The summed E-state index contributed by atoms with van der Waals surface area (Å²) < 4.78 is 4.96. The largest absolute Gasteiger partial charge is 0.383 e. The van der Waals surface area contributed by atoms with E-state index in [1.54, 1.807) is 19.2 Å². The van der Waals surface area contributed by atoms with Gasteiger partial charge in [-0.3, -0.25) is 14.9 Å². The normalized spacial score (nSPS) is 22.6. The molecule has 1 saturated carbocycles. The molecule has 0 radical (unpaired) electrons. The Morgan fingerprint density at radius 1 is 1.31 bits per heavy atom. The first-order valence-corrected chi connectivity index (χ1v) is 9.44. The summed E-state index contributed by atoms with van der Waals surface area (Å²) in [6.45, 7) is 1.68. The molecule has 2 aliphatic rings. The summed E-state index contributed by atoms with van der Waals surface area (Å²) in [5.41, 5.74) is 0.752. The van der Waals surface area contributed by atoms with Crippen LogP contribution in [0.2, 0.25) is 0 Å². The fraction of sp³-hybridized carbons (Fsp3) is 0.632. The van der Waals surface area contributed by atoms with Crippen LogP contribution >= 0.6 is 0 Å². The number of carbonyl (C=O) groups excluding carboxylic acids is 1. The standard InChI is InChI=1S/C19H27N3O4/c1-26-12-10-20-16-9-8-15(13-18(16)22(24)25)19(23)21-11-4-6-14-5-2-3-7-17(14)21/h8-9,13-14,17,20H,2-7,10-12H2,1H3/t14-,17-/m0/s1. The number of nitro groups is 1. The second-order valence-corrected chi connectivity index (χ2v) is 7.16. The van der Waals surface area contributed by atoms with Crippen molar-refractivity contribution in [2.75, 3.05) is 32.1 Å². The van der Waals surface area contributed by atoms with Crippen molar-refractivity contribution in [2.45, 2.75) is 44.6 Å². The summed E-state index contributed by atoms with van der Waals surface area (Å²) in [7, 11) is 1.58. The molecule has 1 amide bonds. The van der Waals surface area contributed by atoms with E-state index < -0.39 is 4.92 Å². The van der Waals surface area contributed by atoms with Gasteiger partial charge in [0.1, 0.15) is 5.69 Å². The molecule has 0 spiro atoms. The Labute approximate surface area is 153 Å². The van der Waals surface area contributed by atoms with Gasteiger partial charge in [0.05, 0.1) is 11.5 Å². The van der Waals surface area contributed by atoms with Crippen molar-refractivity contribution in [2.24, 2.45) is 5.92 Å². The SMILES string of the molecule is COCCNc1ccc(C(=O)N2CCC[C@@H]3CCCC[C@@H]32)cc1[N+](=O)[O-]. The molecule has 7 heteroatoms. The first-order valence-electron chi connectivity index (χ1n) is 9.44. The Kier molecular flexibility index (Phi) is 6.08. The van der Waals surface area contributed by atoms with Gasteiger partial charge in [-0.2, -0.15) is 0 Å². The third-order valence-electron chi connectivity index (χ3n) is 5.57. The van der Waals surface area contributed by atoms with E-state index in [1.165, 1.54) is 25.3 Å². The Bertz CT molecular complexity index is 662. The molecule has 1 aliphatic carbocycles. The lowest BCUT2D eigenvalue weighted by Gasteiger charge is -2.44. The molecule has 0 aromatic heterocycles. The maximum Gasteiger partial charge on any atom is 0.293 e. The lowest BCUT2D eigenvalue weighted by atomic mass is 9.78. The summed E-state index contributed by atoms with van der Waals surface area (Å²) in [4.78, 5) is 26.0. The maximum absolute atomic E-state index is 13.1. The fourth-order valence-electron chi connectivity index (χ4n) is 4.30. The quantitative estimate of drug-likeness (QED) is 0.476. The molecule has 1 aliphatic heterocycles. The number of hydrogen-bond donors (Lipinski definition) is 1. The van der Waals surface area contributed by atoms with E-state index in [-0.39, 0.29) is 11.6 Å². The third kappa shape index (κ3) is 3.98. The molecule has 1 N–H and O–H groups in total. The van der Waals surface area contributed by atoms with Crippen molar-refractivity contribution in [3.8, 4) is 0 Å². The van der Waals surface area contributed by atoms with Crippen molar-refractivity contribution < 1.29 is 14.5 Å². The van der Waals surface area contributed by atoms with E-state index in [1.807, 2.05) is 4.90 Å². The van der Waals surface area contributed by atoms with Crippen molar-refractivity contribution in [1.82, 2.24) is 4.90 Å². The highest BCUT2D eigenvalue weighted by Gasteiger charge is 2.36. The number of rotatable bonds is 6. The molecule has 2 fully saturated rings. The van der Waals surface area contributed by atoms with Crippen LogP contribution in [0.5, 0.6) is 0 Å². The van der Waals surface area contributed by atoms with Gasteiger partial charge in [-0.05, 0) is 43.7 Å². The van der Waals surface area contributed by atoms with Gasteiger partial charge in [-0.1, -0.05) is 12.8 Å². The van der Waals surface area contributed by atoms with Crippen LogP contribution in [-0.4, -0.2) is 48.6 Å². The molecule has 0 bridgehead atoms. The van der Waals surface area contributed by atoms with Crippen LogP contribution in [-0.2, 0) is 4.74 Å². The Hall–Kier alpha value is -2.15. The van der Waals surface area contributed by atoms with Crippen molar-refractivity contribution in [1.29, 1.82) is 0 Å². The number of benzene rings is 1. The first kappa shape index (κ1) is 18.6. The molecular weight excluding hydrogens is 334 g/mol. The van der Waals surface area contributed by atoms with Crippen LogP contribution in [0.1, 0.15) is 48.9 Å². The topological polar surface area (TPSA) is 84.7 Å². The Morgan fingerprint density at radius 3 is 2.85 bits per heavy atom. The number of ether oxygens (including phenoxy) is 1. The molecule has 7 nitrogen and oxygen atoms in total. The zero-order chi connectivity index (χ0) is 18.5. The van der Waals surface area contributed by atoms with Gasteiger partial charge in [0.2, 0.25) is 0 Å². The number of carbonyl (C=O) groups is 1. The van der Waals surface area contributed by atoms with Gasteiger partial charge >= 0.3 is 0 Å². The van der Waals surface area contributed by atoms with Crippen LogP contribution in [0.25, 0.3) is 0 Å². The molecule has 26 heavy (non-hydrogen) atoms. The van der Waals surface area contributed by atoms with Gasteiger partial charge in [-0.15, -0.1) is 0 Å². The molecule has 142 valence electrons. The van der Waals surface area contributed by atoms with Crippen LogP contribution < -0.4 is 5.32 Å². The minimum absolute atomic E-state index is 0.0656. The minimum atomic E-state index is -0.439. The summed E-state index contributed by atoms with van der Waals surface area (Å²) >= 11 is 0. The molecule has 1 aromatic carbocycles. The molecular formula is C19H27N3O4. The Balaban J connectivity index is 1.80. The van der Waals surface area contributed by atoms with Crippen LogP contribution in [0.4, 0.5) is 11.4 Å². The van der Waals surface area contributed by atoms with E-state index in [0.717, 1.165) is 25.8 Å². The number of nitrogens with one attached hydrogen (secondary N) is 1. The summed E-state index contributed by atoms with van der Waals surface area (Å²) in [6, 6.07) is 5.02. The average molecular weight is 361 g/mol. The molecule has 1 heterocycles. The minimum Gasteiger partial charge on any atom is -0.383 e. The summed E-state index contributed by atoms with van der Waals surface area (Å²) in [5, 5.41) is 14.4. The number of fused-ring (bicyclic) bond motifs is 1. The van der Waals surface area contributed by atoms with E-state index in [0.29, 0.717) is 36.4 Å². The van der Waals surface area contributed by atoms with Crippen LogP contribution in [0, 0.1) is 16.0 Å². The molecule has 1 aromatic rings. The van der Waals surface area contributed by atoms with E-state index in [9.17, 15) is 14.9 Å². The van der Waals surface area contributed by atoms with Crippen molar-refractivity contribution in [3.63, 3.8) is 0 Å². The number of piperidine rings is 1. The highest BCUT2D eigenvalue weighted by Crippen LogP contribution is 2.36. The van der Waals surface area contributed by atoms with E-state index in [4.69, 9.17) is 4.74 Å². The smallest absolute Gasteiger partial charge is 0.293 e. The Morgan fingerprint density at radius 2 is 2.08 bits per heavy atom. The van der Waals surface area contributed by atoms with Gasteiger partial charge in [0.15, 0.2) is 0 Å². The summed E-state index contributed by atoms with van der Waals surface area (Å²) in [5.74, 6) is 0.513. The van der Waals surface area contributed by atoms with E-state index >= 15 is 0 Å². The number of hydrogen-bond acceptors (Lipinski definition) is 5. The lowest BCUT2D eigenvalue weighted by Crippen LogP contribution is -2.49. The van der Waals surface area contributed by atoms with Crippen LogP contribution in [0.15, 0.2) is 18.2 Å². The maximum atomic E-state index is 13.1. The zero-order valence-corrected chi connectivity index (χ0v) is 15.3. The fourth-order valence-corrected chi connectivity index (χ4v) is 4.30. The van der Waals surface area contributed by atoms with Gasteiger partial charge in [-0.25, -0.2) is 0 Å². The highest BCUT2D eigenvalue weighted by molar-refractivity contribution is 5.96. The molecule has 2 atom stereocenters. The lowest BCUT2D eigenvalue weighted by molar-refractivity contribution is -0.384. The van der Waals surface area contributed by atoms with Gasteiger partial charge in [0.25, 0.3) is 11.6 Å². The number of methoxy groups -OCH3 is 1. The monoisotopic (exact) mass is 361 g/mol. The molecule has 1 saturated heterocycles. The van der Waals surface area contributed by atoms with E-state index in [2.05, 4.69) is 5.32 Å². The number of nitro benzene ring substituents is 1. The molecule has 0 unspecified atom stereocenters. The molecule has 3 rings (SSSR count). The highest BCUT2D eigenvalue weighted by atomic mass is 16.6. The number of likely N-dealkylation sites (tertiary alicyclic amines) is 1. The first-order chi connectivity index (χ1) is 12.6. The second-order valence-electron chi connectivity index (χ2n) is 7.16. The van der Waals surface area contributed by atoms with Crippen LogP contribution in [0.3, 0.4) is 0 Å². The van der Waals surface area contributed by atoms with Crippen molar-refractivity contribution >= 4 is 17.3 Å². The third-order valence-corrected chi connectivity index (χ3v) is 5.57. The van der Waals surface area contributed by atoms with Gasteiger partial charge in [0, 0.05) is 37.9 Å². The average Bonchev–Trinajstić information content (AvgIpc) is 2.67. The zero-order valence-electron chi connectivity index (χ0n) is 15.3.